The van der Waals surface area contributed by atoms with Gasteiger partial charge in [0.25, 0.3) is 0 Å². The summed E-state index contributed by atoms with van der Waals surface area (Å²) in [7, 11) is 0. The molecule has 3 heterocycles. The first-order valence-corrected chi connectivity index (χ1v) is 7.99. The van der Waals surface area contributed by atoms with Crippen LogP contribution in [0.4, 0.5) is 4.79 Å². The summed E-state index contributed by atoms with van der Waals surface area (Å²) in [6.07, 6.45) is 1.87. The van der Waals surface area contributed by atoms with E-state index in [1.807, 2.05) is 12.1 Å². The van der Waals surface area contributed by atoms with Crippen molar-refractivity contribution < 1.29 is 19.4 Å². The quantitative estimate of drug-likeness (QED) is 0.883. The molecule has 0 unspecified atom stereocenters. The average Bonchev–Trinajstić information content (AvgIpc) is 3.09. The molecule has 0 spiro atoms. The monoisotopic (exact) mass is 316 g/mol. The molecule has 6 nitrogen and oxygen atoms in total. The number of carboxylic acids is 1. The molecule has 1 saturated carbocycles. The molecule has 1 aromatic rings. The van der Waals surface area contributed by atoms with Gasteiger partial charge < -0.3 is 20.1 Å². The van der Waals surface area contributed by atoms with Gasteiger partial charge in [-0.2, -0.15) is 0 Å². The number of ether oxygens (including phenoxy) is 1. The molecule has 6 heteroatoms. The highest BCUT2D eigenvalue weighted by Gasteiger charge is 2.66. The number of fused-ring (bicyclic) bond motifs is 2. The Morgan fingerprint density at radius 1 is 1.26 bits per heavy atom. The fourth-order valence-electron chi connectivity index (χ4n) is 4.08. The van der Waals surface area contributed by atoms with E-state index in [9.17, 15) is 14.7 Å². The molecule has 122 valence electrons. The number of nitrogens with one attached hydrogen (secondary N) is 1. The Bertz CT molecular complexity index is 666. The summed E-state index contributed by atoms with van der Waals surface area (Å²) < 4.78 is 5.66. The Hall–Kier alpha value is -2.08. The number of benzene rings is 1. The first kappa shape index (κ1) is 14.5. The number of carbonyl (C=O) groups excluding carboxylic acids is 1. The SMILES string of the molecule is O=C(NCC12CC(C(=O)O)(CO1)C2)N1CCc2ccccc2C1. The van der Waals surface area contributed by atoms with Gasteiger partial charge in [-0.25, -0.2) is 4.79 Å². The Labute approximate surface area is 134 Å². The highest BCUT2D eigenvalue weighted by molar-refractivity contribution is 5.78. The van der Waals surface area contributed by atoms with Crippen molar-refractivity contribution in [2.45, 2.75) is 31.4 Å². The maximum absolute atomic E-state index is 12.4. The molecule has 3 aliphatic heterocycles. The fraction of sp³-hybridized carbons (Fsp3) is 0.529. The Kier molecular flexibility index (Phi) is 3.13. The van der Waals surface area contributed by atoms with Crippen molar-refractivity contribution in [3.8, 4) is 0 Å². The summed E-state index contributed by atoms with van der Waals surface area (Å²) in [5.41, 5.74) is 1.31. The molecule has 0 aromatic heterocycles. The first-order valence-electron chi connectivity index (χ1n) is 7.99. The summed E-state index contributed by atoms with van der Waals surface area (Å²) in [5.74, 6) is -0.787. The van der Waals surface area contributed by atoms with Crippen LogP contribution in [0.2, 0.25) is 0 Å². The van der Waals surface area contributed by atoms with Gasteiger partial charge in [0, 0.05) is 19.6 Å². The lowest BCUT2D eigenvalue weighted by Crippen LogP contribution is -2.56. The lowest BCUT2D eigenvalue weighted by atomic mass is 9.62. The van der Waals surface area contributed by atoms with Crippen LogP contribution in [-0.4, -0.2) is 47.3 Å². The molecule has 5 rings (SSSR count). The fourth-order valence-corrected chi connectivity index (χ4v) is 4.08. The molecule has 2 amide bonds. The van der Waals surface area contributed by atoms with Crippen molar-refractivity contribution in [3.05, 3.63) is 35.4 Å². The van der Waals surface area contributed by atoms with Crippen LogP contribution in [0.5, 0.6) is 0 Å². The van der Waals surface area contributed by atoms with Gasteiger partial charge in [0.15, 0.2) is 0 Å². The summed E-state index contributed by atoms with van der Waals surface area (Å²) in [6, 6.07) is 8.08. The summed E-state index contributed by atoms with van der Waals surface area (Å²) in [5, 5.41) is 12.2. The molecule has 23 heavy (non-hydrogen) atoms. The van der Waals surface area contributed by atoms with Crippen LogP contribution in [0.1, 0.15) is 24.0 Å². The second-order valence-electron chi connectivity index (χ2n) is 7.01. The van der Waals surface area contributed by atoms with E-state index in [1.165, 1.54) is 11.1 Å². The van der Waals surface area contributed by atoms with Crippen LogP contribution >= 0.6 is 0 Å². The second kappa shape index (κ2) is 4.96. The van der Waals surface area contributed by atoms with Crippen molar-refractivity contribution in [1.29, 1.82) is 0 Å². The summed E-state index contributed by atoms with van der Waals surface area (Å²) >= 11 is 0. The largest absolute Gasteiger partial charge is 0.481 e. The van der Waals surface area contributed by atoms with E-state index in [4.69, 9.17) is 4.74 Å². The van der Waals surface area contributed by atoms with Crippen molar-refractivity contribution >= 4 is 12.0 Å². The van der Waals surface area contributed by atoms with Crippen LogP contribution < -0.4 is 5.32 Å². The summed E-state index contributed by atoms with van der Waals surface area (Å²) in [4.78, 5) is 25.4. The van der Waals surface area contributed by atoms with Gasteiger partial charge >= 0.3 is 12.0 Å². The van der Waals surface area contributed by atoms with Gasteiger partial charge in [0.1, 0.15) is 0 Å². The van der Waals surface area contributed by atoms with Crippen molar-refractivity contribution in [2.24, 2.45) is 5.41 Å². The number of hydrogen-bond donors (Lipinski definition) is 2. The average molecular weight is 316 g/mol. The van der Waals surface area contributed by atoms with Crippen molar-refractivity contribution in [2.75, 3.05) is 19.7 Å². The van der Waals surface area contributed by atoms with Crippen molar-refractivity contribution in [3.63, 3.8) is 0 Å². The molecule has 4 aliphatic rings. The van der Waals surface area contributed by atoms with Crippen LogP contribution in [0.3, 0.4) is 0 Å². The number of nitrogens with zero attached hydrogens (tertiary/aromatic N) is 1. The molecule has 2 N–H and O–H groups in total. The van der Waals surface area contributed by atoms with Crippen molar-refractivity contribution in [1.82, 2.24) is 10.2 Å². The third-order valence-corrected chi connectivity index (χ3v) is 5.41. The first-order chi connectivity index (χ1) is 11.0. The molecule has 0 atom stereocenters. The maximum atomic E-state index is 12.4. The Morgan fingerprint density at radius 3 is 2.70 bits per heavy atom. The van der Waals surface area contributed by atoms with Gasteiger partial charge in [-0.3, -0.25) is 4.79 Å². The lowest BCUT2D eigenvalue weighted by Gasteiger charge is -2.42. The van der Waals surface area contributed by atoms with E-state index in [0.29, 0.717) is 32.5 Å². The Balaban J connectivity index is 1.33. The highest BCUT2D eigenvalue weighted by atomic mass is 16.5. The van der Waals surface area contributed by atoms with Gasteiger partial charge in [-0.05, 0) is 30.4 Å². The van der Waals surface area contributed by atoms with E-state index in [1.54, 1.807) is 4.90 Å². The van der Waals surface area contributed by atoms with Gasteiger partial charge in [0.05, 0.1) is 17.6 Å². The van der Waals surface area contributed by atoms with E-state index in [-0.39, 0.29) is 12.6 Å². The maximum Gasteiger partial charge on any atom is 0.317 e. The molecule has 2 saturated heterocycles. The predicted molar refractivity (Wildman–Crippen MR) is 81.9 cm³/mol. The van der Waals surface area contributed by atoms with Crippen LogP contribution in [0.15, 0.2) is 24.3 Å². The lowest BCUT2D eigenvalue weighted by molar-refractivity contribution is -0.153. The molecule has 1 aromatic carbocycles. The minimum absolute atomic E-state index is 0.0998. The zero-order valence-corrected chi connectivity index (χ0v) is 12.9. The number of carbonyl (C=O) groups is 2. The zero-order valence-electron chi connectivity index (χ0n) is 12.9. The topological polar surface area (TPSA) is 78.9 Å². The zero-order chi connectivity index (χ0) is 16.1. The van der Waals surface area contributed by atoms with E-state index in [2.05, 4.69) is 17.4 Å². The van der Waals surface area contributed by atoms with Gasteiger partial charge in [-0.15, -0.1) is 0 Å². The number of urea groups is 1. The normalized spacial score (nSPS) is 31.2. The van der Waals surface area contributed by atoms with Crippen LogP contribution in [-0.2, 0) is 22.5 Å². The van der Waals surface area contributed by atoms with E-state index in [0.717, 1.165) is 6.42 Å². The number of aliphatic carboxylic acids is 1. The predicted octanol–water partition coefficient (Wildman–Crippen LogP) is 1.39. The molecule has 3 fully saturated rings. The number of rotatable bonds is 3. The molecule has 2 bridgehead atoms. The third kappa shape index (κ3) is 2.28. The van der Waals surface area contributed by atoms with Crippen LogP contribution in [0, 0.1) is 5.41 Å². The summed E-state index contributed by atoms with van der Waals surface area (Å²) in [6.45, 7) is 1.97. The number of carboxylic acid groups (broad SMARTS) is 1. The van der Waals surface area contributed by atoms with E-state index < -0.39 is 17.0 Å². The number of amides is 2. The molecular formula is C17H20N2O4. The van der Waals surface area contributed by atoms with E-state index >= 15 is 0 Å². The Morgan fingerprint density at radius 2 is 2.00 bits per heavy atom. The minimum atomic E-state index is -0.787. The highest BCUT2D eigenvalue weighted by Crippen LogP contribution is 2.57. The molecular weight excluding hydrogens is 296 g/mol. The van der Waals surface area contributed by atoms with Gasteiger partial charge in [0.2, 0.25) is 0 Å². The standard InChI is InChI=1S/C17H20N2O4/c20-14(21)16-8-17(9-16,23-11-16)10-18-15(22)19-6-5-12-3-1-2-4-13(12)7-19/h1-4H,5-11H2,(H,18,22)(H,20,21). The third-order valence-electron chi connectivity index (χ3n) is 5.41. The molecule has 1 aliphatic carbocycles. The van der Waals surface area contributed by atoms with Crippen LogP contribution in [0.25, 0.3) is 0 Å². The minimum Gasteiger partial charge on any atom is -0.481 e. The van der Waals surface area contributed by atoms with Gasteiger partial charge in [-0.1, -0.05) is 24.3 Å². The number of hydrogen-bond acceptors (Lipinski definition) is 3. The second-order valence-corrected chi connectivity index (χ2v) is 7.01. The smallest absolute Gasteiger partial charge is 0.317 e. The molecule has 0 radical (unpaired) electrons.